The Morgan fingerprint density at radius 2 is 1.95 bits per heavy atom. The number of para-hydroxylation sites is 1. The van der Waals surface area contributed by atoms with E-state index in [4.69, 9.17) is 4.74 Å². The van der Waals surface area contributed by atoms with Crippen LogP contribution in [-0.4, -0.2) is 17.1 Å². The molecule has 21 heavy (non-hydrogen) atoms. The summed E-state index contributed by atoms with van der Waals surface area (Å²) < 4.78 is 19.0. The molecule has 0 spiro atoms. The highest BCUT2D eigenvalue weighted by atomic mass is 19.1. The molecule has 0 aliphatic heterocycles. The van der Waals surface area contributed by atoms with Gasteiger partial charge in [0, 0.05) is 11.6 Å². The Bertz CT molecular complexity index is 656. The largest absolute Gasteiger partial charge is 0.508 e. The van der Waals surface area contributed by atoms with Crippen molar-refractivity contribution in [3.05, 3.63) is 53.8 Å². The number of nitrogens with one attached hydrogen (secondary N) is 1. The molecular formula is C16H16FNO3. The normalized spacial score (nSPS) is 10.5. The first kappa shape index (κ1) is 14.8. The van der Waals surface area contributed by atoms with E-state index in [9.17, 15) is 14.3 Å². The lowest BCUT2D eigenvalue weighted by molar-refractivity contribution is 0.102. The van der Waals surface area contributed by atoms with E-state index in [0.717, 1.165) is 0 Å². The highest BCUT2D eigenvalue weighted by molar-refractivity contribution is 6.04. The number of carbonyl (C=O) groups is 1. The van der Waals surface area contributed by atoms with Crippen LogP contribution in [0.3, 0.4) is 0 Å². The third-order valence-corrected chi connectivity index (χ3v) is 2.65. The van der Waals surface area contributed by atoms with E-state index in [1.54, 1.807) is 6.07 Å². The molecule has 0 aromatic heterocycles. The molecule has 0 saturated heterocycles. The Hall–Kier alpha value is -2.56. The Morgan fingerprint density at radius 3 is 2.62 bits per heavy atom. The summed E-state index contributed by atoms with van der Waals surface area (Å²) in [6.07, 6.45) is -0.0886. The predicted molar refractivity (Wildman–Crippen MR) is 78.2 cm³/mol. The van der Waals surface area contributed by atoms with Gasteiger partial charge in [0.15, 0.2) is 0 Å². The van der Waals surface area contributed by atoms with Crippen molar-refractivity contribution >= 4 is 11.6 Å². The summed E-state index contributed by atoms with van der Waals surface area (Å²) in [5.74, 6) is -0.759. The van der Waals surface area contributed by atoms with E-state index in [1.165, 1.54) is 36.4 Å². The highest BCUT2D eigenvalue weighted by Gasteiger charge is 2.12. The fraction of sp³-hybridized carbons (Fsp3) is 0.188. The number of anilines is 1. The van der Waals surface area contributed by atoms with Crippen LogP contribution < -0.4 is 10.1 Å². The first-order valence-electron chi connectivity index (χ1n) is 6.52. The van der Waals surface area contributed by atoms with Crippen molar-refractivity contribution in [1.82, 2.24) is 0 Å². The number of hydrogen-bond donors (Lipinski definition) is 2. The molecule has 0 radical (unpaired) electrons. The van der Waals surface area contributed by atoms with Gasteiger partial charge in [-0.05, 0) is 38.1 Å². The van der Waals surface area contributed by atoms with Crippen molar-refractivity contribution in [2.24, 2.45) is 0 Å². The molecule has 0 heterocycles. The van der Waals surface area contributed by atoms with Crippen LogP contribution in [0.5, 0.6) is 11.5 Å². The molecule has 2 rings (SSSR count). The molecule has 0 fully saturated rings. The Labute approximate surface area is 122 Å². The van der Waals surface area contributed by atoms with Gasteiger partial charge in [-0.25, -0.2) is 4.39 Å². The number of ether oxygens (including phenoxy) is 1. The molecule has 2 N–H and O–H groups in total. The van der Waals surface area contributed by atoms with Crippen LogP contribution in [0.1, 0.15) is 24.2 Å². The molecule has 0 atom stereocenters. The summed E-state index contributed by atoms with van der Waals surface area (Å²) in [5, 5.41) is 12.1. The molecule has 0 bridgehead atoms. The van der Waals surface area contributed by atoms with E-state index >= 15 is 0 Å². The van der Waals surface area contributed by atoms with Crippen LogP contribution in [0, 0.1) is 5.82 Å². The summed E-state index contributed by atoms with van der Waals surface area (Å²) in [4.78, 5) is 12.1. The quantitative estimate of drug-likeness (QED) is 0.904. The zero-order valence-corrected chi connectivity index (χ0v) is 11.8. The minimum absolute atomic E-state index is 0.0807. The predicted octanol–water partition coefficient (Wildman–Crippen LogP) is 3.57. The van der Waals surface area contributed by atoms with Gasteiger partial charge in [0.25, 0.3) is 5.91 Å². The third kappa shape index (κ3) is 3.95. The second-order valence-corrected chi connectivity index (χ2v) is 4.82. The van der Waals surface area contributed by atoms with Gasteiger partial charge < -0.3 is 15.2 Å². The molecule has 2 aromatic rings. The Kier molecular flexibility index (Phi) is 4.42. The van der Waals surface area contributed by atoms with Gasteiger partial charge in [-0.1, -0.05) is 12.1 Å². The number of aromatic hydroxyl groups is 1. The van der Waals surface area contributed by atoms with Crippen molar-refractivity contribution in [3.63, 3.8) is 0 Å². The van der Waals surface area contributed by atoms with E-state index in [-0.39, 0.29) is 23.1 Å². The lowest BCUT2D eigenvalue weighted by Gasteiger charge is -2.12. The first-order chi connectivity index (χ1) is 9.95. The highest BCUT2D eigenvalue weighted by Crippen LogP contribution is 2.24. The first-order valence-corrected chi connectivity index (χ1v) is 6.52. The summed E-state index contributed by atoms with van der Waals surface area (Å²) >= 11 is 0. The van der Waals surface area contributed by atoms with Crippen molar-refractivity contribution in [1.29, 1.82) is 0 Å². The maximum Gasteiger partial charge on any atom is 0.256 e. The Morgan fingerprint density at radius 1 is 1.24 bits per heavy atom. The lowest BCUT2D eigenvalue weighted by Crippen LogP contribution is -2.13. The molecule has 4 nitrogen and oxygen atoms in total. The molecule has 2 aromatic carbocycles. The second kappa shape index (κ2) is 6.26. The topological polar surface area (TPSA) is 58.6 Å². The molecule has 0 aliphatic rings. The molecule has 0 aliphatic carbocycles. The summed E-state index contributed by atoms with van der Waals surface area (Å²) in [6, 6.07) is 10.1. The number of benzene rings is 2. The van der Waals surface area contributed by atoms with Gasteiger partial charge in [-0.3, -0.25) is 4.79 Å². The van der Waals surface area contributed by atoms with Crippen LogP contribution in [0.15, 0.2) is 42.5 Å². The third-order valence-electron chi connectivity index (χ3n) is 2.65. The van der Waals surface area contributed by atoms with Crippen molar-refractivity contribution in [2.45, 2.75) is 20.0 Å². The van der Waals surface area contributed by atoms with E-state index in [2.05, 4.69) is 5.32 Å². The zero-order chi connectivity index (χ0) is 15.4. The van der Waals surface area contributed by atoms with Crippen molar-refractivity contribution < 1.29 is 19.0 Å². The smallest absolute Gasteiger partial charge is 0.256 e. The molecule has 0 saturated carbocycles. The van der Waals surface area contributed by atoms with Crippen LogP contribution in [0.4, 0.5) is 10.1 Å². The monoisotopic (exact) mass is 289 g/mol. The molecule has 110 valence electrons. The second-order valence-electron chi connectivity index (χ2n) is 4.82. The number of amides is 1. The summed E-state index contributed by atoms with van der Waals surface area (Å²) in [7, 11) is 0. The molecule has 0 unspecified atom stereocenters. The number of hydrogen-bond acceptors (Lipinski definition) is 3. The number of carbonyl (C=O) groups excluding carboxylic acids is 1. The minimum atomic E-state index is -0.524. The maximum absolute atomic E-state index is 13.5. The van der Waals surface area contributed by atoms with Gasteiger partial charge >= 0.3 is 0 Å². The number of rotatable bonds is 4. The van der Waals surface area contributed by atoms with Crippen molar-refractivity contribution in [3.8, 4) is 11.5 Å². The standard InChI is InChI=1S/C16H16FNO3/c1-10(2)21-13-8-11(7-12(19)9-13)16(20)18-15-6-4-3-5-14(15)17/h3-10,19H,1-2H3,(H,18,20). The van der Waals surface area contributed by atoms with E-state index in [1.807, 2.05) is 13.8 Å². The van der Waals surface area contributed by atoms with Crippen LogP contribution >= 0.6 is 0 Å². The molecule has 1 amide bonds. The van der Waals surface area contributed by atoms with Gasteiger partial charge in [0.2, 0.25) is 0 Å². The van der Waals surface area contributed by atoms with E-state index in [0.29, 0.717) is 5.75 Å². The van der Waals surface area contributed by atoms with Gasteiger partial charge in [0.1, 0.15) is 17.3 Å². The molecular weight excluding hydrogens is 273 g/mol. The zero-order valence-electron chi connectivity index (χ0n) is 11.8. The van der Waals surface area contributed by atoms with Crippen LogP contribution in [-0.2, 0) is 0 Å². The lowest BCUT2D eigenvalue weighted by atomic mass is 10.1. The summed E-state index contributed by atoms with van der Waals surface area (Å²) in [5.41, 5.74) is 0.270. The minimum Gasteiger partial charge on any atom is -0.508 e. The average molecular weight is 289 g/mol. The van der Waals surface area contributed by atoms with Gasteiger partial charge in [-0.2, -0.15) is 0 Å². The SMILES string of the molecule is CC(C)Oc1cc(O)cc(C(=O)Nc2ccccc2F)c1. The van der Waals surface area contributed by atoms with Crippen molar-refractivity contribution in [2.75, 3.05) is 5.32 Å². The maximum atomic E-state index is 13.5. The fourth-order valence-electron chi connectivity index (χ4n) is 1.81. The number of phenolic OH excluding ortho intramolecular Hbond substituents is 1. The van der Waals surface area contributed by atoms with Crippen LogP contribution in [0.25, 0.3) is 0 Å². The summed E-state index contributed by atoms with van der Waals surface area (Å²) in [6.45, 7) is 3.67. The number of halogens is 1. The van der Waals surface area contributed by atoms with Gasteiger partial charge in [-0.15, -0.1) is 0 Å². The number of phenols is 1. The fourth-order valence-corrected chi connectivity index (χ4v) is 1.81. The Balaban J connectivity index is 2.23. The van der Waals surface area contributed by atoms with Gasteiger partial charge in [0.05, 0.1) is 11.8 Å². The van der Waals surface area contributed by atoms with Crippen LogP contribution in [0.2, 0.25) is 0 Å². The molecule has 5 heteroatoms. The van der Waals surface area contributed by atoms with E-state index < -0.39 is 11.7 Å². The average Bonchev–Trinajstić information content (AvgIpc) is 2.40.